The summed E-state index contributed by atoms with van der Waals surface area (Å²) >= 11 is 6.09. The normalized spacial score (nSPS) is 11.2. The van der Waals surface area contributed by atoms with Gasteiger partial charge in [-0.3, -0.25) is 0 Å². The van der Waals surface area contributed by atoms with Gasteiger partial charge < -0.3 is 9.47 Å². The minimum atomic E-state index is -0.446. The highest BCUT2D eigenvalue weighted by molar-refractivity contribution is 6.32. The van der Waals surface area contributed by atoms with Crippen LogP contribution in [0.3, 0.4) is 0 Å². The third-order valence-corrected chi connectivity index (χ3v) is 2.98. The van der Waals surface area contributed by atoms with Crippen molar-refractivity contribution in [2.75, 3.05) is 13.2 Å². The number of benzene rings is 1. The van der Waals surface area contributed by atoms with Crippen molar-refractivity contribution < 1.29 is 13.9 Å². The molecule has 0 amide bonds. The van der Waals surface area contributed by atoms with Crippen LogP contribution in [-0.2, 0) is 15.9 Å². The van der Waals surface area contributed by atoms with E-state index < -0.39 is 6.29 Å². The second kappa shape index (κ2) is 6.94. The molecule has 17 heavy (non-hydrogen) atoms. The molecule has 0 fully saturated rings. The van der Waals surface area contributed by atoms with E-state index in [2.05, 4.69) is 0 Å². The maximum Gasteiger partial charge on any atom is 0.161 e. The molecule has 0 heterocycles. The zero-order chi connectivity index (χ0) is 12.8. The van der Waals surface area contributed by atoms with E-state index >= 15 is 0 Å². The van der Waals surface area contributed by atoms with E-state index in [0.29, 0.717) is 30.2 Å². The number of rotatable bonds is 6. The Morgan fingerprint density at radius 3 is 2.35 bits per heavy atom. The summed E-state index contributed by atoms with van der Waals surface area (Å²) < 4.78 is 24.5. The van der Waals surface area contributed by atoms with Crippen molar-refractivity contribution >= 4 is 11.6 Å². The van der Waals surface area contributed by atoms with E-state index in [1.165, 1.54) is 6.07 Å². The molecule has 2 nitrogen and oxygen atoms in total. The Balaban J connectivity index is 2.88. The molecule has 0 saturated heterocycles. The molecule has 96 valence electrons. The van der Waals surface area contributed by atoms with Crippen LogP contribution in [0.1, 0.15) is 25.0 Å². The fraction of sp³-hybridized carbons (Fsp3) is 0.538. The van der Waals surface area contributed by atoms with Crippen LogP contribution in [-0.4, -0.2) is 19.5 Å². The van der Waals surface area contributed by atoms with Gasteiger partial charge in [0.25, 0.3) is 0 Å². The van der Waals surface area contributed by atoms with Crippen LogP contribution in [0.4, 0.5) is 4.39 Å². The Kier molecular flexibility index (Phi) is 5.89. The maximum absolute atomic E-state index is 13.7. The molecular formula is C13H18ClFO2. The molecule has 0 aliphatic carbocycles. The molecule has 4 heteroatoms. The Bertz CT molecular complexity index is 363. The predicted octanol–water partition coefficient (Wildman–Crippen LogP) is 3.73. The molecule has 1 rings (SSSR count). The topological polar surface area (TPSA) is 18.5 Å². The van der Waals surface area contributed by atoms with E-state index in [1.807, 2.05) is 20.8 Å². The smallest absolute Gasteiger partial charge is 0.161 e. The molecule has 0 radical (unpaired) electrons. The number of hydrogen-bond acceptors (Lipinski definition) is 2. The van der Waals surface area contributed by atoms with E-state index in [-0.39, 0.29) is 5.82 Å². The van der Waals surface area contributed by atoms with Gasteiger partial charge in [0.15, 0.2) is 6.29 Å². The highest BCUT2D eigenvalue weighted by Crippen LogP contribution is 2.25. The van der Waals surface area contributed by atoms with E-state index in [0.717, 1.165) is 5.56 Å². The Hall–Kier alpha value is -0.640. The van der Waals surface area contributed by atoms with Gasteiger partial charge in [-0.05, 0) is 32.4 Å². The van der Waals surface area contributed by atoms with Crippen molar-refractivity contribution in [3.05, 3.63) is 34.1 Å². The van der Waals surface area contributed by atoms with Gasteiger partial charge in [0.05, 0.1) is 0 Å². The van der Waals surface area contributed by atoms with Gasteiger partial charge in [-0.2, -0.15) is 0 Å². The number of aryl methyl sites for hydroxylation is 1. The fourth-order valence-electron chi connectivity index (χ4n) is 1.61. The lowest BCUT2D eigenvalue weighted by Gasteiger charge is -2.18. The summed E-state index contributed by atoms with van der Waals surface area (Å²) in [6.07, 6.45) is -0.118. The predicted molar refractivity (Wildman–Crippen MR) is 66.9 cm³/mol. The molecule has 0 aliphatic rings. The average Bonchev–Trinajstić information content (AvgIpc) is 2.30. The minimum absolute atomic E-state index is 0.315. The molecule has 0 N–H and O–H groups in total. The van der Waals surface area contributed by atoms with Crippen molar-refractivity contribution in [3.63, 3.8) is 0 Å². The highest BCUT2D eigenvalue weighted by atomic mass is 35.5. The molecule has 0 atom stereocenters. The number of hydrogen-bond donors (Lipinski definition) is 0. The summed E-state index contributed by atoms with van der Waals surface area (Å²) in [5.41, 5.74) is 1.31. The number of halogens is 2. The van der Waals surface area contributed by atoms with Gasteiger partial charge in [-0.25, -0.2) is 4.39 Å². The first-order chi connectivity index (χ1) is 8.10. The summed E-state index contributed by atoms with van der Waals surface area (Å²) in [5.74, 6) is -0.315. The zero-order valence-electron chi connectivity index (χ0n) is 10.4. The van der Waals surface area contributed by atoms with Gasteiger partial charge >= 0.3 is 0 Å². The van der Waals surface area contributed by atoms with Gasteiger partial charge in [-0.15, -0.1) is 0 Å². The van der Waals surface area contributed by atoms with E-state index in [9.17, 15) is 4.39 Å². The first-order valence-electron chi connectivity index (χ1n) is 5.76. The Morgan fingerprint density at radius 2 is 1.82 bits per heavy atom. The van der Waals surface area contributed by atoms with Crippen molar-refractivity contribution in [1.82, 2.24) is 0 Å². The van der Waals surface area contributed by atoms with Gasteiger partial charge in [0, 0.05) is 30.2 Å². The molecule has 0 aromatic heterocycles. The first kappa shape index (κ1) is 14.4. The largest absolute Gasteiger partial charge is 0.353 e. The summed E-state index contributed by atoms with van der Waals surface area (Å²) in [4.78, 5) is 0. The van der Waals surface area contributed by atoms with Crippen LogP contribution in [0.25, 0.3) is 0 Å². The Morgan fingerprint density at radius 1 is 1.24 bits per heavy atom. The fourth-order valence-corrected chi connectivity index (χ4v) is 1.84. The lowest BCUT2D eigenvalue weighted by molar-refractivity contribution is -0.134. The van der Waals surface area contributed by atoms with Crippen LogP contribution in [0.2, 0.25) is 5.02 Å². The summed E-state index contributed by atoms with van der Waals surface area (Å²) in [6, 6.07) is 3.09. The lowest BCUT2D eigenvalue weighted by Crippen LogP contribution is -2.21. The van der Waals surface area contributed by atoms with Crippen LogP contribution in [0.5, 0.6) is 0 Å². The molecule has 1 aromatic rings. The van der Waals surface area contributed by atoms with Gasteiger partial charge in [-0.1, -0.05) is 17.7 Å². The molecule has 0 saturated carbocycles. The molecule has 0 aliphatic heterocycles. The quantitative estimate of drug-likeness (QED) is 0.726. The minimum Gasteiger partial charge on any atom is -0.353 e. The zero-order valence-corrected chi connectivity index (χ0v) is 11.2. The Labute approximate surface area is 107 Å². The SMILES string of the molecule is CCOC(Cc1c(F)ccc(C)c1Cl)OCC. The molecular weight excluding hydrogens is 243 g/mol. The second-order valence-electron chi connectivity index (χ2n) is 3.70. The van der Waals surface area contributed by atoms with Crippen molar-refractivity contribution in [2.45, 2.75) is 33.5 Å². The van der Waals surface area contributed by atoms with Crippen LogP contribution < -0.4 is 0 Å². The molecule has 0 unspecified atom stereocenters. The van der Waals surface area contributed by atoms with E-state index in [4.69, 9.17) is 21.1 Å². The van der Waals surface area contributed by atoms with Crippen LogP contribution in [0, 0.1) is 12.7 Å². The van der Waals surface area contributed by atoms with Crippen molar-refractivity contribution in [1.29, 1.82) is 0 Å². The maximum atomic E-state index is 13.7. The number of ether oxygens (including phenoxy) is 2. The summed E-state index contributed by atoms with van der Waals surface area (Å²) in [7, 11) is 0. The average molecular weight is 261 g/mol. The summed E-state index contributed by atoms with van der Waals surface area (Å²) in [5, 5.41) is 0.453. The third kappa shape index (κ3) is 3.95. The monoisotopic (exact) mass is 260 g/mol. The van der Waals surface area contributed by atoms with Crippen molar-refractivity contribution in [2.24, 2.45) is 0 Å². The van der Waals surface area contributed by atoms with Crippen LogP contribution >= 0.6 is 11.6 Å². The van der Waals surface area contributed by atoms with Gasteiger partial charge in [0.2, 0.25) is 0 Å². The molecule has 1 aromatic carbocycles. The van der Waals surface area contributed by atoms with Crippen molar-refractivity contribution in [3.8, 4) is 0 Å². The highest BCUT2D eigenvalue weighted by Gasteiger charge is 2.16. The first-order valence-corrected chi connectivity index (χ1v) is 6.14. The molecule has 0 spiro atoms. The van der Waals surface area contributed by atoms with Gasteiger partial charge in [0.1, 0.15) is 5.82 Å². The summed E-state index contributed by atoms with van der Waals surface area (Å²) in [6.45, 7) is 6.65. The van der Waals surface area contributed by atoms with E-state index in [1.54, 1.807) is 6.07 Å². The third-order valence-electron chi connectivity index (χ3n) is 2.46. The second-order valence-corrected chi connectivity index (χ2v) is 4.08. The standard InChI is InChI=1S/C13H18ClFO2/c1-4-16-12(17-5-2)8-10-11(15)7-6-9(3)13(10)14/h6-7,12H,4-5,8H2,1-3H3. The van der Waals surface area contributed by atoms with Crippen LogP contribution in [0.15, 0.2) is 12.1 Å². The lowest BCUT2D eigenvalue weighted by atomic mass is 10.1. The molecule has 0 bridgehead atoms.